The monoisotopic (exact) mass is 406 g/mol. The van der Waals surface area contributed by atoms with E-state index in [9.17, 15) is 0 Å². The highest BCUT2D eigenvalue weighted by Crippen LogP contribution is 2.33. The molecule has 0 radical (unpaired) electrons. The Morgan fingerprint density at radius 3 is 2.27 bits per heavy atom. The minimum Gasteiger partial charge on any atom is -0.363 e. The van der Waals surface area contributed by atoms with Crippen LogP contribution in [0.4, 0.5) is 5.82 Å². The summed E-state index contributed by atoms with van der Waals surface area (Å²) in [4.78, 5) is 3.45. The van der Waals surface area contributed by atoms with E-state index >= 15 is 0 Å². The first-order valence-corrected chi connectivity index (χ1v) is 9.36. The molecule has 2 N–H and O–H groups in total. The lowest BCUT2D eigenvalue weighted by molar-refractivity contribution is 0.946. The molecule has 26 heavy (non-hydrogen) atoms. The summed E-state index contributed by atoms with van der Waals surface area (Å²) in [5, 5.41) is 13.5. The summed E-state index contributed by atoms with van der Waals surface area (Å²) in [6.07, 6.45) is 0.749. The number of H-pyrrole nitrogens is 1. The maximum Gasteiger partial charge on any atom is 0.173 e. The van der Waals surface area contributed by atoms with Gasteiger partial charge in [-0.3, -0.25) is 0 Å². The maximum atomic E-state index is 4.53. The number of nitrogens with zero attached hydrogens (tertiary/aromatic N) is 2. The van der Waals surface area contributed by atoms with Gasteiger partial charge in [0.25, 0.3) is 0 Å². The fraction of sp³-hybridized carbons (Fsp3) is 0.143. The van der Waals surface area contributed by atoms with E-state index in [-0.39, 0.29) is 0 Å². The second kappa shape index (κ2) is 7.30. The molecule has 0 unspecified atom stereocenters. The molecule has 0 saturated heterocycles. The highest BCUT2D eigenvalue weighted by molar-refractivity contribution is 9.10. The Bertz CT molecular complexity index is 1030. The highest BCUT2D eigenvalue weighted by Gasteiger charge is 2.16. The van der Waals surface area contributed by atoms with Crippen LogP contribution in [0.5, 0.6) is 0 Å². The molecule has 4 rings (SSSR count). The van der Waals surface area contributed by atoms with Crippen molar-refractivity contribution in [2.45, 2.75) is 19.9 Å². The molecule has 0 aliphatic carbocycles. The molecule has 5 heteroatoms. The lowest BCUT2D eigenvalue weighted by atomic mass is 10.1. The molecule has 0 fully saturated rings. The first-order valence-electron chi connectivity index (χ1n) is 8.57. The second-order valence-electron chi connectivity index (χ2n) is 6.31. The largest absolute Gasteiger partial charge is 0.363 e. The van der Waals surface area contributed by atoms with Crippen LogP contribution < -0.4 is 5.32 Å². The molecule has 4 nitrogen and oxygen atoms in total. The van der Waals surface area contributed by atoms with Gasteiger partial charge in [-0.25, -0.2) is 0 Å². The van der Waals surface area contributed by atoms with E-state index in [1.807, 2.05) is 36.4 Å². The molecule has 4 aromatic rings. The molecule has 2 aromatic carbocycles. The standard InChI is InChI=1S/C21H19BrN4/c1-14-19(22)18-17(12-15-8-4-2-5-9-15)25-26-21(20(18)24-14)23-13-16-10-6-3-7-11-16/h2-11,24H,12-13H2,1H3,(H,23,26). The van der Waals surface area contributed by atoms with E-state index in [2.05, 4.69) is 67.6 Å². The van der Waals surface area contributed by atoms with Gasteiger partial charge >= 0.3 is 0 Å². The van der Waals surface area contributed by atoms with Gasteiger partial charge in [0.05, 0.1) is 11.2 Å². The van der Waals surface area contributed by atoms with E-state index in [1.54, 1.807) is 0 Å². The molecule has 0 spiro atoms. The Hall–Kier alpha value is -2.66. The van der Waals surface area contributed by atoms with Crippen molar-refractivity contribution in [1.82, 2.24) is 15.2 Å². The number of aryl methyl sites for hydroxylation is 1. The number of rotatable bonds is 5. The van der Waals surface area contributed by atoms with Crippen molar-refractivity contribution >= 4 is 32.7 Å². The fourth-order valence-electron chi connectivity index (χ4n) is 3.08. The number of hydrogen-bond donors (Lipinski definition) is 2. The van der Waals surface area contributed by atoms with E-state index in [0.717, 1.165) is 39.0 Å². The lowest BCUT2D eigenvalue weighted by Crippen LogP contribution is -2.05. The van der Waals surface area contributed by atoms with Gasteiger partial charge in [0, 0.05) is 28.5 Å². The minimum atomic E-state index is 0.707. The Balaban J connectivity index is 1.70. The average molecular weight is 407 g/mol. The number of benzene rings is 2. The first-order chi connectivity index (χ1) is 12.7. The van der Waals surface area contributed by atoms with Gasteiger partial charge in [-0.15, -0.1) is 5.10 Å². The summed E-state index contributed by atoms with van der Waals surface area (Å²) in [5.74, 6) is 0.773. The molecule has 0 saturated carbocycles. The molecular formula is C21H19BrN4. The number of hydrogen-bond acceptors (Lipinski definition) is 3. The summed E-state index contributed by atoms with van der Waals surface area (Å²) in [7, 11) is 0. The zero-order valence-electron chi connectivity index (χ0n) is 14.5. The summed E-state index contributed by atoms with van der Waals surface area (Å²) >= 11 is 3.72. The Labute approximate surface area is 160 Å². The molecule has 2 aromatic heterocycles. The third kappa shape index (κ3) is 3.35. The number of halogens is 1. The number of nitrogens with one attached hydrogen (secondary N) is 2. The van der Waals surface area contributed by atoms with Crippen LogP contribution in [0.3, 0.4) is 0 Å². The lowest BCUT2D eigenvalue weighted by Gasteiger charge is -2.09. The van der Waals surface area contributed by atoms with Crippen LogP contribution >= 0.6 is 15.9 Å². The topological polar surface area (TPSA) is 53.6 Å². The Morgan fingerprint density at radius 2 is 1.58 bits per heavy atom. The summed E-state index contributed by atoms with van der Waals surface area (Å²) in [6, 6.07) is 20.6. The van der Waals surface area contributed by atoms with Crippen molar-refractivity contribution in [2.24, 2.45) is 0 Å². The van der Waals surface area contributed by atoms with Crippen LogP contribution in [0.2, 0.25) is 0 Å². The van der Waals surface area contributed by atoms with Crippen LogP contribution in [0.25, 0.3) is 10.9 Å². The normalized spacial score (nSPS) is 11.0. The molecule has 0 atom stereocenters. The zero-order chi connectivity index (χ0) is 17.9. The van der Waals surface area contributed by atoms with Crippen molar-refractivity contribution < 1.29 is 0 Å². The summed E-state index contributed by atoms with van der Waals surface area (Å²) in [5.41, 5.74) is 5.46. The Morgan fingerprint density at radius 1 is 0.923 bits per heavy atom. The number of aromatic nitrogens is 3. The van der Waals surface area contributed by atoms with Crippen molar-refractivity contribution in [2.75, 3.05) is 5.32 Å². The molecular weight excluding hydrogens is 388 g/mol. The fourth-order valence-corrected chi connectivity index (χ4v) is 3.61. The number of fused-ring (bicyclic) bond motifs is 1. The van der Waals surface area contributed by atoms with E-state index in [0.29, 0.717) is 6.54 Å². The first kappa shape index (κ1) is 16.8. The van der Waals surface area contributed by atoms with Gasteiger partial charge in [-0.2, -0.15) is 5.10 Å². The van der Waals surface area contributed by atoms with Crippen molar-refractivity contribution in [1.29, 1.82) is 0 Å². The average Bonchev–Trinajstić information content (AvgIpc) is 2.98. The van der Waals surface area contributed by atoms with Crippen molar-refractivity contribution in [3.63, 3.8) is 0 Å². The molecule has 2 heterocycles. The van der Waals surface area contributed by atoms with Gasteiger partial charge in [-0.1, -0.05) is 60.7 Å². The van der Waals surface area contributed by atoms with Crippen LogP contribution in [-0.4, -0.2) is 15.2 Å². The molecule has 130 valence electrons. The SMILES string of the molecule is Cc1[nH]c2c(NCc3ccccc3)nnc(Cc3ccccc3)c2c1Br. The number of aromatic amines is 1. The van der Waals surface area contributed by atoms with E-state index in [1.165, 1.54) is 11.1 Å². The summed E-state index contributed by atoms with van der Waals surface area (Å²) in [6.45, 7) is 2.76. The maximum absolute atomic E-state index is 4.53. The second-order valence-corrected chi connectivity index (χ2v) is 7.10. The van der Waals surface area contributed by atoms with Crippen molar-refractivity contribution in [3.8, 4) is 0 Å². The van der Waals surface area contributed by atoms with E-state index in [4.69, 9.17) is 0 Å². The van der Waals surface area contributed by atoms with E-state index < -0.39 is 0 Å². The molecule has 0 aliphatic heterocycles. The third-order valence-corrected chi connectivity index (χ3v) is 5.42. The zero-order valence-corrected chi connectivity index (χ0v) is 16.0. The number of anilines is 1. The van der Waals surface area contributed by atoms with Crippen LogP contribution in [0.1, 0.15) is 22.5 Å². The Kier molecular flexibility index (Phi) is 4.71. The van der Waals surface area contributed by atoms with Gasteiger partial charge in [-0.05, 0) is 34.0 Å². The van der Waals surface area contributed by atoms with Crippen LogP contribution in [0, 0.1) is 6.92 Å². The van der Waals surface area contributed by atoms with Gasteiger partial charge in [0.2, 0.25) is 0 Å². The van der Waals surface area contributed by atoms with Gasteiger partial charge < -0.3 is 10.3 Å². The highest BCUT2D eigenvalue weighted by atomic mass is 79.9. The molecule has 0 bridgehead atoms. The predicted molar refractivity (Wildman–Crippen MR) is 109 cm³/mol. The molecule has 0 amide bonds. The van der Waals surface area contributed by atoms with Gasteiger partial charge in [0.15, 0.2) is 5.82 Å². The minimum absolute atomic E-state index is 0.707. The van der Waals surface area contributed by atoms with Crippen LogP contribution in [0.15, 0.2) is 65.1 Å². The van der Waals surface area contributed by atoms with Gasteiger partial charge in [0.1, 0.15) is 0 Å². The predicted octanol–water partition coefficient (Wildman–Crippen LogP) is 5.23. The third-order valence-electron chi connectivity index (χ3n) is 4.42. The van der Waals surface area contributed by atoms with Crippen LogP contribution in [-0.2, 0) is 13.0 Å². The summed E-state index contributed by atoms with van der Waals surface area (Å²) < 4.78 is 1.05. The smallest absolute Gasteiger partial charge is 0.173 e. The molecule has 0 aliphatic rings. The van der Waals surface area contributed by atoms with Crippen molar-refractivity contribution in [3.05, 3.63) is 87.7 Å². The quantitative estimate of drug-likeness (QED) is 0.476.